The molecule has 0 spiro atoms. The number of rotatable bonds is 7. The minimum Gasteiger partial charge on any atom is -0.493 e. The summed E-state index contributed by atoms with van der Waals surface area (Å²) in [6.45, 7) is 2.82. The normalized spacial score (nSPS) is 19.6. The van der Waals surface area contributed by atoms with Crippen molar-refractivity contribution in [3.05, 3.63) is 42.2 Å². The van der Waals surface area contributed by atoms with Crippen molar-refractivity contribution in [1.29, 1.82) is 0 Å². The van der Waals surface area contributed by atoms with Gasteiger partial charge in [-0.2, -0.15) is 0 Å². The van der Waals surface area contributed by atoms with Crippen molar-refractivity contribution in [2.24, 2.45) is 0 Å². The molecule has 0 saturated carbocycles. The zero-order valence-corrected chi connectivity index (χ0v) is 15.1. The van der Waals surface area contributed by atoms with Gasteiger partial charge in [-0.3, -0.25) is 4.98 Å². The molecule has 1 fully saturated rings. The summed E-state index contributed by atoms with van der Waals surface area (Å²) in [5, 5.41) is 19.6. The summed E-state index contributed by atoms with van der Waals surface area (Å²) >= 11 is 0. The van der Waals surface area contributed by atoms with Gasteiger partial charge in [0.1, 0.15) is 0 Å². The maximum atomic E-state index is 9.90. The Hall–Kier alpha value is -2.09. The van der Waals surface area contributed by atoms with Crippen LogP contribution in [0.5, 0.6) is 11.5 Å². The lowest BCUT2D eigenvalue weighted by molar-refractivity contribution is 0.167. The zero-order valence-electron chi connectivity index (χ0n) is 15.1. The number of aliphatic hydroxyl groups excluding tert-OH is 1. The first-order valence-corrected chi connectivity index (χ1v) is 8.79. The molecule has 138 valence electrons. The summed E-state index contributed by atoms with van der Waals surface area (Å²) in [6, 6.07) is 7.73. The Kier molecular flexibility index (Phi) is 5.81. The number of methoxy groups -OCH3 is 1. The van der Waals surface area contributed by atoms with Crippen LogP contribution in [0.3, 0.4) is 0 Å². The Balaban J connectivity index is 1.95. The van der Waals surface area contributed by atoms with Crippen molar-refractivity contribution in [3.8, 4) is 22.6 Å². The van der Waals surface area contributed by atoms with Crippen LogP contribution in [0.2, 0.25) is 6.32 Å². The maximum absolute atomic E-state index is 9.90. The van der Waals surface area contributed by atoms with Crippen LogP contribution in [-0.2, 0) is 10.1 Å². The van der Waals surface area contributed by atoms with E-state index in [1.807, 2.05) is 24.3 Å². The van der Waals surface area contributed by atoms with Gasteiger partial charge in [0, 0.05) is 30.0 Å². The quantitative estimate of drug-likeness (QED) is 0.740. The summed E-state index contributed by atoms with van der Waals surface area (Å²) in [6.07, 6.45) is 4.75. The smallest absolute Gasteiger partial charge is 0.455 e. The van der Waals surface area contributed by atoms with Gasteiger partial charge < -0.3 is 24.3 Å². The summed E-state index contributed by atoms with van der Waals surface area (Å²) < 4.78 is 16.4. The highest BCUT2D eigenvalue weighted by Gasteiger charge is 2.43. The third-order valence-electron chi connectivity index (χ3n) is 4.73. The van der Waals surface area contributed by atoms with E-state index in [-0.39, 0.29) is 13.2 Å². The fraction of sp³-hybridized carbons (Fsp3) is 0.421. The molecule has 1 aromatic heterocycles. The van der Waals surface area contributed by atoms with Crippen LogP contribution in [0.25, 0.3) is 11.1 Å². The Morgan fingerprint density at radius 3 is 2.73 bits per heavy atom. The fourth-order valence-corrected chi connectivity index (χ4v) is 3.18. The molecule has 0 amide bonds. The molecule has 2 heterocycles. The lowest BCUT2D eigenvalue weighted by atomic mass is 9.69. The summed E-state index contributed by atoms with van der Waals surface area (Å²) in [7, 11) is 0.757. The van der Waals surface area contributed by atoms with Gasteiger partial charge in [-0.15, -0.1) is 0 Å². The first kappa shape index (κ1) is 18.7. The van der Waals surface area contributed by atoms with E-state index in [4.69, 9.17) is 14.1 Å². The number of aliphatic hydroxyl groups is 1. The number of pyridine rings is 1. The third-order valence-corrected chi connectivity index (χ3v) is 4.73. The standard InChI is InChI=1S/C19H24BNO5/c1-3-6-25-18-8-14(4-5-17(18)24-2)15-7-16(10-21-9-15)19(12-22)11-20(23)26-13-19/h4-5,7-10,22-23H,3,6,11-13H2,1-2H3. The van der Waals surface area contributed by atoms with Crippen LogP contribution >= 0.6 is 0 Å². The van der Waals surface area contributed by atoms with Gasteiger partial charge in [0.25, 0.3) is 0 Å². The number of ether oxygens (including phenoxy) is 2. The molecule has 0 radical (unpaired) electrons. The summed E-state index contributed by atoms with van der Waals surface area (Å²) in [5.41, 5.74) is 2.07. The molecule has 1 aromatic carbocycles. The molecule has 2 N–H and O–H groups in total. The van der Waals surface area contributed by atoms with Crippen molar-refractivity contribution in [3.63, 3.8) is 0 Å². The Bertz CT molecular complexity index is 756. The highest BCUT2D eigenvalue weighted by atomic mass is 16.5. The molecule has 1 atom stereocenters. The van der Waals surface area contributed by atoms with E-state index < -0.39 is 12.5 Å². The summed E-state index contributed by atoms with van der Waals surface area (Å²) in [4.78, 5) is 4.34. The van der Waals surface area contributed by atoms with Crippen molar-refractivity contribution in [2.45, 2.75) is 25.1 Å². The predicted molar refractivity (Wildman–Crippen MR) is 99.5 cm³/mol. The van der Waals surface area contributed by atoms with E-state index in [9.17, 15) is 10.1 Å². The Labute approximate surface area is 153 Å². The van der Waals surface area contributed by atoms with Gasteiger partial charge in [0.05, 0.1) is 20.3 Å². The number of aromatic nitrogens is 1. The predicted octanol–water partition coefficient (Wildman–Crippen LogP) is 2.29. The van der Waals surface area contributed by atoms with Crippen LogP contribution in [0.4, 0.5) is 0 Å². The minimum atomic E-state index is -0.860. The molecular weight excluding hydrogens is 333 g/mol. The lowest BCUT2D eigenvalue weighted by Crippen LogP contribution is -2.31. The Morgan fingerprint density at radius 2 is 2.08 bits per heavy atom. The highest BCUT2D eigenvalue weighted by molar-refractivity contribution is 6.44. The molecule has 0 aliphatic carbocycles. The SMILES string of the molecule is CCCOc1cc(-c2cncc(C3(CO)COB(O)C3)c2)ccc1OC. The molecule has 7 heteroatoms. The van der Waals surface area contributed by atoms with Crippen LogP contribution < -0.4 is 9.47 Å². The molecule has 2 aromatic rings. The monoisotopic (exact) mass is 357 g/mol. The molecule has 3 rings (SSSR count). The third kappa shape index (κ3) is 3.70. The molecule has 1 unspecified atom stereocenters. The number of hydrogen-bond acceptors (Lipinski definition) is 6. The van der Waals surface area contributed by atoms with Gasteiger partial charge >= 0.3 is 7.12 Å². The van der Waals surface area contributed by atoms with E-state index in [1.54, 1.807) is 19.5 Å². The zero-order chi connectivity index (χ0) is 18.6. The maximum Gasteiger partial charge on any atom is 0.455 e. The van der Waals surface area contributed by atoms with E-state index >= 15 is 0 Å². The molecule has 1 aliphatic rings. The minimum absolute atomic E-state index is 0.108. The first-order valence-electron chi connectivity index (χ1n) is 8.79. The topological polar surface area (TPSA) is 81.0 Å². The summed E-state index contributed by atoms with van der Waals surface area (Å²) in [5.74, 6) is 1.37. The van der Waals surface area contributed by atoms with Crippen molar-refractivity contribution in [1.82, 2.24) is 4.98 Å². The van der Waals surface area contributed by atoms with E-state index in [0.717, 1.165) is 23.1 Å². The Morgan fingerprint density at radius 1 is 1.23 bits per heavy atom. The van der Waals surface area contributed by atoms with Gasteiger partial charge in [0.15, 0.2) is 11.5 Å². The van der Waals surface area contributed by atoms with Gasteiger partial charge in [0.2, 0.25) is 0 Å². The van der Waals surface area contributed by atoms with E-state index in [1.165, 1.54) is 0 Å². The fourth-order valence-electron chi connectivity index (χ4n) is 3.18. The molecule has 26 heavy (non-hydrogen) atoms. The molecule has 1 aliphatic heterocycles. The first-order chi connectivity index (χ1) is 12.6. The average Bonchev–Trinajstić information content (AvgIpc) is 3.08. The largest absolute Gasteiger partial charge is 0.493 e. The van der Waals surface area contributed by atoms with Gasteiger partial charge in [-0.05, 0) is 42.1 Å². The number of nitrogens with zero attached hydrogens (tertiary/aromatic N) is 1. The molecule has 1 saturated heterocycles. The number of benzene rings is 1. The van der Waals surface area contributed by atoms with Crippen molar-refractivity contribution >= 4 is 7.12 Å². The van der Waals surface area contributed by atoms with E-state index in [2.05, 4.69) is 11.9 Å². The van der Waals surface area contributed by atoms with Crippen LogP contribution in [0, 0.1) is 0 Å². The second kappa shape index (κ2) is 8.08. The van der Waals surface area contributed by atoms with Crippen molar-refractivity contribution in [2.75, 3.05) is 26.9 Å². The second-order valence-corrected chi connectivity index (χ2v) is 6.58. The molecule has 6 nitrogen and oxygen atoms in total. The second-order valence-electron chi connectivity index (χ2n) is 6.58. The molecule has 0 bridgehead atoms. The van der Waals surface area contributed by atoms with Gasteiger partial charge in [-0.1, -0.05) is 13.0 Å². The van der Waals surface area contributed by atoms with Crippen molar-refractivity contribution < 1.29 is 24.3 Å². The van der Waals surface area contributed by atoms with E-state index in [0.29, 0.717) is 24.4 Å². The van der Waals surface area contributed by atoms with Crippen LogP contribution in [0.1, 0.15) is 18.9 Å². The molecular formula is C19H24BNO5. The highest BCUT2D eigenvalue weighted by Crippen LogP contribution is 2.37. The van der Waals surface area contributed by atoms with Gasteiger partial charge in [-0.25, -0.2) is 0 Å². The van der Waals surface area contributed by atoms with Crippen LogP contribution in [0.15, 0.2) is 36.7 Å². The lowest BCUT2D eigenvalue weighted by Gasteiger charge is -2.25. The number of hydrogen-bond donors (Lipinski definition) is 2. The average molecular weight is 357 g/mol. The van der Waals surface area contributed by atoms with Crippen LogP contribution in [-0.4, -0.2) is 49.2 Å².